The normalized spacial score (nSPS) is 12.0. The zero-order valence-electron chi connectivity index (χ0n) is 6.06. The number of hydrogen-bond acceptors (Lipinski definition) is 3. The zero-order valence-corrected chi connectivity index (χ0v) is 6.81. The predicted octanol–water partition coefficient (Wildman–Crippen LogP) is 0.796. The molecular formula is C6H9ClN4. The number of aryl methyl sites for hydroxylation is 1. The van der Waals surface area contributed by atoms with Crippen LogP contribution in [0, 0.1) is 6.92 Å². The lowest BCUT2D eigenvalue weighted by Crippen LogP contribution is -1.91. The lowest BCUT2D eigenvalue weighted by molar-refractivity contribution is 1.05. The summed E-state index contributed by atoms with van der Waals surface area (Å²) in [5.41, 5.74) is 12.3. The van der Waals surface area contributed by atoms with E-state index >= 15 is 0 Å². The average Bonchev–Trinajstić information content (AvgIpc) is 2.18. The number of rotatable bonds is 1. The van der Waals surface area contributed by atoms with Gasteiger partial charge in [0, 0.05) is 11.3 Å². The van der Waals surface area contributed by atoms with Crippen LogP contribution in [0.4, 0.5) is 5.82 Å². The maximum Gasteiger partial charge on any atom is 0.152 e. The first-order valence-electron chi connectivity index (χ1n) is 3.04. The van der Waals surface area contributed by atoms with Gasteiger partial charge in [0.1, 0.15) is 0 Å². The monoisotopic (exact) mass is 172 g/mol. The van der Waals surface area contributed by atoms with Crippen LogP contribution in [-0.2, 0) is 0 Å². The van der Waals surface area contributed by atoms with E-state index in [0.29, 0.717) is 5.82 Å². The van der Waals surface area contributed by atoms with Gasteiger partial charge in [-0.05, 0) is 13.0 Å². The van der Waals surface area contributed by atoms with Crippen LogP contribution < -0.4 is 11.5 Å². The van der Waals surface area contributed by atoms with Crippen molar-refractivity contribution in [2.75, 3.05) is 5.73 Å². The summed E-state index contributed by atoms with van der Waals surface area (Å²) in [6.07, 6.45) is 1.57. The maximum atomic E-state index is 5.49. The lowest BCUT2D eigenvalue weighted by Gasteiger charge is -1.91. The number of nitrogens with two attached hydrogens (primary N) is 2. The van der Waals surface area contributed by atoms with Gasteiger partial charge in [0.05, 0.1) is 5.16 Å². The van der Waals surface area contributed by atoms with Crippen molar-refractivity contribution in [1.29, 1.82) is 0 Å². The Labute approximate surface area is 69.2 Å². The Morgan fingerprint density at radius 2 is 2.36 bits per heavy atom. The molecule has 1 rings (SSSR count). The summed E-state index contributed by atoms with van der Waals surface area (Å²) in [5.74, 6) is 0.408. The first-order valence-corrected chi connectivity index (χ1v) is 3.42. The summed E-state index contributed by atoms with van der Waals surface area (Å²) in [6, 6.07) is 0. The number of anilines is 1. The van der Waals surface area contributed by atoms with Gasteiger partial charge in [-0.2, -0.15) is 5.10 Å². The third kappa shape index (κ3) is 1.65. The van der Waals surface area contributed by atoms with Gasteiger partial charge < -0.3 is 11.5 Å². The smallest absolute Gasteiger partial charge is 0.152 e. The largest absolute Gasteiger partial charge is 0.389 e. The van der Waals surface area contributed by atoms with E-state index < -0.39 is 0 Å². The Balaban J connectivity index is 3.11. The molecule has 4 nitrogen and oxygen atoms in total. The Morgan fingerprint density at radius 3 is 2.73 bits per heavy atom. The molecule has 5 N–H and O–H groups in total. The summed E-state index contributed by atoms with van der Waals surface area (Å²) in [7, 11) is 0. The molecule has 0 bridgehead atoms. The third-order valence-electron chi connectivity index (χ3n) is 1.31. The number of halogens is 1. The molecule has 5 heteroatoms. The molecule has 0 aliphatic heterocycles. The molecule has 0 aliphatic carbocycles. The van der Waals surface area contributed by atoms with Crippen molar-refractivity contribution >= 4 is 23.5 Å². The quantitative estimate of drug-likeness (QED) is 0.548. The van der Waals surface area contributed by atoms with Crippen LogP contribution in [0.2, 0.25) is 0 Å². The van der Waals surface area contributed by atoms with Gasteiger partial charge in [-0.15, -0.1) is 0 Å². The SMILES string of the molecule is Cc1[nH]nc(N)c1/C=C(\N)Cl. The second-order valence-corrected chi connectivity index (χ2v) is 2.61. The summed E-state index contributed by atoms with van der Waals surface area (Å²) in [4.78, 5) is 0. The number of hydrogen-bond donors (Lipinski definition) is 3. The maximum absolute atomic E-state index is 5.49. The van der Waals surface area contributed by atoms with Crippen LogP contribution in [0.15, 0.2) is 5.16 Å². The van der Waals surface area contributed by atoms with Gasteiger partial charge in [0.15, 0.2) is 5.82 Å². The first kappa shape index (κ1) is 7.94. The molecule has 0 saturated heterocycles. The van der Waals surface area contributed by atoms with Crippen LogP contribution in [0.5, 0.6) is 0 Å². The molecule has 1 aromatic rings. The van der Waals surface area contributed by atoms with Gasteiger partial charge in [-0.3, -0.25) is 5.10 Å². The van der Waals surface area contributed by atoms with E-state index in [1.807, 2.05) is 6.92 Å². The highest BCUT2D eigenvalue weighted by atomic mass is 35.5. The number of nitrogens with one attached hydrogen (secondary N) is 1. The molecule has 0 aromatic carbocycles. The van der Waals surface area contributed by atoms with E-state index in [-0.39, 0.29) is 5.16 Å². The van der Waals surface area contributed by atoms with Crippen molar-refractivity contribution in [1.82, 2.24) is 10.2 Å². The van der Waals surface area contributed by atoms with Crippen molar-refractivity contribution in [2.45, 2.75) is 6.92 Å². The molecule has 0 atom stereocenters. The van der Waals surface area contributed by atoms with E-state index in [1.54, 1.807) is 6.08 Å². The summed E-state index contributed by atoms with van der Waals surface area (Å²) in [5, 5.41) is 6.67. The fourth-order valence-electron chi connectivity index (χ4n) is 0.777. The summed E-state index contributed by atoms with van der Waals surface area (Å²) < 4.78 is 0. The fourth-order valence-corrected chi connectivity index (χ4v) is 0.886. The van der Waals surface area contributed by atoms with Crippen molar-refractivity contribution < 1.29 is 0 Å². The van der Waals surface area contributed by atoms with Crippen LogP contribution in [0.3, 0.4) is 0 Å². The van der Waals surface area contributed by atoms with E-state index in [9.17, 15) is 0 Å². The van der Waals surface area contributed by atoms with Gasteiger partial charge in [-0.25, -0.2) is 0 Å². The van der Waals surface area contributed by atoms with E-state index in [0.717, 1.165) is 11.3 Å². The Kier molecular flexibility index (Phi) is 2.05. The molecule has 60 valence electrons. The minimum absolute atomic E-state index is 0.196. The van der Waals surface area contributed by atoms with E-state index in [2.05, 4.69) is 10.2 Å². The minimum Gasteiger partial charge on any atom is -0.389 e. The van der Waals surface area contributed by atoms with Gasteiger partial charge in [0.2, 0.25) is 0 Å². The molecule has 0 radical (unpaired) electrons. The zero-order chi connectivity index (χ0) is 8.43. The Hall–Kier alpha value is -1.16. The number of nitrogen functional groups attached to an aromatic ring is 1. The molecule has 1 aromatic heterocycles. The molecule has 0 spiro atoms. The minimum atomic E-state index is 0.196. The van der Waals surface area contributed by atoms with Gasteiger partial charge in [0.25, 0.3) is 0 Å². The van der Waals surface area contributed by atoms with Crippen LogP contribution in [-0.4, -0.2) is 10.2 Å². The summed E-state index contributed by atoms with van der Waals surface area (Å²) in [6.45, 7) is 1.84. The average molecular weight is 173 g/mol. The third-order valence-corrected chi connectivity index (χ3v) is 1.42. The highest BCUT2D eigenvalue weighted by Crippen LogP contribution is 2.15. The molecule has 11 heavy (non-hydrogen) atoms. The lowest BCUT2D eigenvalue weighted by atomic mass is 10.2. The topological polar surface area (TPSA) is 80.7 Å². The fraction of sp³-hybridized carbons (Fsp3) is 0.167. The van der Waals surface area contributed by atoms with Crippen molar-refractivity contribution in [2.24, 2.45) is 5.73 Å². The summed E-state index contributed by atoms with van der Waals surface area (Å²) >= 11 is 5.45. The molecule has 1 heterocycles. The molecule has 0 saturated carbocycles. The number of H-pyrrole nitrogens is 1. The van der Waals surface area contributed by atoms with Crippen molar-refractivity contribution in [3.63, 3.8) is 0 Å². The van der Waals surface area contributed by atoms with Gasteiger partial charge in [-0.1, -0.05) is 11.6 Å². The number of aromatic nitrogens is 2. The van der Waals surface area contributed by atoms with Gasteiger partial charge >= 0.3 is 0 Å². The van der Waals surface area contributed by atoms with Crippen LogP contribution in [0.1, 0.15) is 11.3 Å². The second-order valence-electron chi connectivity index (χ2n) is 2.18. The highest BCUT2D eigenvalue weighted by Gasteiger charge is 2.03. The molecule has 0 aliphatic rings. The molecular weight excluding hydrogens is 164 g/mol. The predicted molar refractivity (Wildman–Crippen MR) is 45.8 cm³/mol. The second kappa shape index (κ2) is 2.84. The molecule has 0 fully saturated rings. The van der Waals surface area contributed by atoms with Crippen LogP contribution >= 0.6 is 11.6 Å². The molecule has 0 unspecified atom stereocenters. The van der Waals surface area contributed by atoms with Crippen molar-refractivity contribution in [3.8, 4) is 0 Å². The Bertz CT molecular complexity index is 265. The van der Waals surface area contributed by atoms with E-state index in [1.165, 1.54) is 0 Å². The Morgan fingerprint density at radius 1 is 1.73 bits per heavy atom. The number of nitrogens with zero attached hydrogens (tertiary/aromatic N) is 1. The first-order chi connectivity index (χ1) is 5.11. The van der Waals surface area contributed by atoms with E-state index in [4.69, 9.17) is 23.1 Å². The standard InChI is InChI=1S/C6H9ClN4/c1-3-4(2-5(7)8)6(9)11-10-3/h2H,8H2,1H3,(H3,9,10,11)/b5-2-. The van der Waals surface area contributed by atoms with Crippen molar-refractivity contribution in [3.05, 3.63) is 16.4 Å². The highest BCUT2D eigenvalue weighted by molar-refractivity contribution is 6.31. The van der Waals surface area contributed by atoms with Crippen LogP contribution in [0.25, 0.3) is 6.08 Å². The molecule has 0 amide bonds. The number of aromatic amines is 1.